The minimum Gasteiger partial charge on any atom is -0.331 e. The summed E-state index contributed by atoms with van der Waals surface area (Å²) in [6.45, 7) is 6.47. The minimum atomic E-state index is -3.24. The number of aromatic nitrogens is 2. The molecule has 20 heavy (non-hydrogen) atoms. The van der Waals surface area contributed by atoms with Crippen molar-refractivity contribution in [1.82, 2.24) is 14.3 Å². The second kappa shape index (κ2) is 6.19. The molecule has 0 unspecified atom stereocenters. The standard InChI is InChI=1S/C14H19N3O2S/c1-12(2)10-20(18,19)16-8-5-9-17-11-15-13-6-3-4-7-14(13)17/h3-4,6-7,11,16H,1,5,8-10H2,2H3. The van der Waals surface area contributed by atoms with Gasteiger partial charge in [0.2, 0.25) is 10.0 Å². The number of para-hydroxylation sites is 2. The Morgan fingerprint density at radius 1 is 1.40 bits per heavy atom. The molecule has 1 N–H and O–H groups in total. The van der Waals surface area contributed by atoms with Crippen molar-refractivity contribution in [2.45, 2.75) is 19.9 Å². The van der Waals surface area contributed by atoms with Crippen LogP contribution in [-0.4, -0.2) is 30.3 Å². The lowest BCUT2D eigenvalue weighted by Crippen LogP contribution is -2.28. The third-order valence-corrected chi connectivity index (χ3v) is 4.38. The molecule has 0 aliphatic carbocycles. The van der Waals surface area contributed by atoms with Gasteiger partial charge in [0.15, 0.2) is 0 Å². The first kappa shape index (κ1) is 14.7. The van der Waals surface area contributed by atoms with Crippen LogP contribution in [0.15, 0.2) is 42.7 Å². The SMILES string of the molecule is C=C(C)CS(=O)(=O)NCCCn1cnc2ccccc21. The molecular formula is C14H19N3O2S. The number of imidazole rings is 1. The molecule has 1 heterocycles. The number of hydrogen-bond donors (Lipinski definition) is 1. The number of sulfonamides is 1. The average Bonchev–Trinajstić information content (AvgIpc) is 2.76. The van der Waals surface area contributed by atoms with Gasteiger partial charge in [-0.15, -0.1) is 0 Å². The van der Waals surface area contributed by atoms with Gasteiger partial charge in [-0.2, -0.15) is 0 Å². The van der Waals surface area contributed by atoms with Crippen molar-refractivity contribution in [3.63, 3.8) is 0 Å². The highest BCUT2D eigenvalue weighted by molar-refractivity contribution is 7.89. The summed E-state index contributed by atoms with van der Waals surface area (Å²) in [6.07, 6.45) is 2.50. The zero-order valence-electron chi connectivity index (χ0n) is 11.5. The minimum absolute atomic E-state index is 0.0129. The largest absolute Gasteiger partial charge is 0.331 e. The van der Waals surface area contributed by atoms with E-state index in [9.17, 15) is 8.42 Å². The van der Waals surface area contributed by atoms with Crippen LogP contribution in [0.4, 0.5) is 0 Å². The van der Waals surface area contributed by atoms with E-state index in [2.05, 4.69) is 16.3 Å². The van der Waals surface area contributed by atoms with Crippen molar-refractivity contribution in [1.29, 1.82) is 0 Å². The maximum Gasteiger partial charge on any atom is 0.215 e. The Bertz CT molecular complexity index is 704. The molecule has 0 saturated heterocycles. The lowest BCUT2D eigenvalue weighted by molar-refractivity contribution is 0.573. The molecule has 6 heteroatoms. The number of nitrogens with zero attached hydrogens (tertiary/aromatic N) is 2. The van der Waals surface area contributed by atoms with Gasteiger partial charge in [-0.25, -0.2) is 18.1 Å². The van der Waals surface area contributed by atoms with E-state index in [1.54, 1.807) is 13.3 Å². The third kappa shape index (κ3) is 3.91. The zero-order valence-corrected chi connectivity index (χ0v) is 12.4. The summed E-state index contributed by atoms with van der Waals surface area (Å²) in [5.41, 5.74) is 2.66. The van der Waals surface area contributed by atoms with Gasteiger partial charge in [0.05, 0.1) is 23.1 Å². The van der Waals surface area contributed by atoms with E-state index in [-0.39, 0.29) is 5.75 Å². The molecule has 0 saturated carbocycles. The lowest BCUT2D eigenvalue weighted by Gasteiger charge is -2.07. The van der Waals surface area contributed by atoms with E-state index >= 15 is 0 Å². The molecule has 2 rings (SSSR count). The van der Waals surface area contributed by atoms with Gasteiger partial charge in [0.1, 0.15) is 0 Å². The fourth-order valence-corrected chi connectivity index (χ4v) is 3.25. The molecule has 0 spiro atoms. The Morgan fingerprint density at radius 3 is 2.90 bits per heavy atom. The number of fused-ring (bicyclic) bond motifs is 1. The van der Waals surface area contributed by atoms with E-state index in [1.165, 1.54) is 0 Å². The molecule has 1 aromatic heterocycles. The van der Waals surface area contributed by atoms with Gasteiger partial charge in [-0.1, -0.05) is 24.3 Å². The molecular weight excluding hydrogens is 274 g/mol. The molecule has 0 bridgehead atoms. The number of aryl methyl sites for hydroxylation is 1. The Hall–Kier alpha value is -1.66. The zero-order chi connectivity index (χ0) is 14.6. The second-order valence-electron chi connectivity index (χ2n) is 4.89. The van der Waals surface area contributed by atoms with Gasteiger partial charge in [0.25, 0.3) is 0 Å². The molecule has 0 amide bonds. The van der Waals surface area contributed by atoms with Crippen LogP contribution in [0.1, 0.15) is 13.3 Å². The Labute approximate surface area is 119 Å². The first-order valence-electron chi connectivity index (χ1n) is 6.49. The highest BCUT2D eigenvalue weighted by Gasteiger charge is 2.09. The summed E-state index contributed by atoms with van der Waals surface area (Å²) < 4.78 is 27.9. The maximum absolute atomic E-state index is 11.6. The van der Waals surface area contributed by atoms with Gasteiger partial charge in [-0.05, 0) is 25.5 Å². The molecule has 1 aromatic carbocycles. The molecule has 2 aromatic rings. The van der Waals surface area contributed by atoms with Crippen LogP contribution in [0.3, 0.4) is 0 Å². The first-order valence-corrected chi connectivity index (χ1v) is 8.15. The van der Waals surface area contributed by atoms with Gasteiger partial charge >= 0.3 is 0 Å². The number of hydrogen-bond acceptors (Lipinski definition) is 3. The molecule has 0 fully saturated rings. The summed E-state index contributed by atoms with van der Waals surface area (Å²) in [5.74, 6) is -0.0129. The van der Waals surface area contributed by atoms with Gasteiger partial charge in [-0.3, -0.25) is 0 Å². The normalized spacial score (nSPS) is 11.8. The van der Waals surface area contributed by atoms with Crippen LogP contribution in [0, 0.1) is 0 Å². The van der Waals surface area contributed by atoms with Crippen LogP contribution in [0.5, 0.6) is 0 Å². The third-order valence-electron chi connectivity index (χ3n) is 2.86. The predicted molar refractivity (Wildman–Crippen MR) is 81.0 cm³/mol. The molecule has 0 atom stereocenters. The fraction of sp³-hybridized carbons (Fsp3) is 0.357. The Morgan fingerprint density at radius 2 is 2.15 bits per heavy atom. The summed E-state index contributed by atoms with van der Waals surface area (Å²) in [7, 11) is -3.24. The van der Waals surface area contributed by atoms with E-state index in [4.69, 9.17) is 0 Å². The van der Waals surface area contributed by atoms with E-state index in [0.717, 1.165) is 24.0 Å². The summed E-state index contributed by atoms with van der Waals surface area (Å²) in [5, 5.41) is 0. The monoisotopic (exact) mass is 293 g/mol. The first-order chi connectivity index (χ1) is 9.48. The van der Waals surface area contributed by atoms with Crippen molar-refractivity contribution in [3.8, 4) is 0 Å². The highest BCUT2D eigenvalue weighted by Crippen LogP contribution is 2.11. The quantitative estimate of drug-likeness (QED) is 0.626. The summed E-state index contributed by atoms with van der Waals surface area (Å²) in [6, 6.07) is 7.89. The molecule has 0 radical (unpaired) electrons. The topological polar surface area (TPSA) is 64.0 Å². The van der Waals surface area contributed by atoms with Crippen molar-refractivity contribution in [2.24, 2.45) is 0 Å². The van der Waals surface area contributed by atoms with E-state index < -0.39 is 10.0 Å². The summed E-state index contributed by atoms with van der Waals surface area (Å²) in [4.78, 5) is 4.30. The Balaban J connectivity index is 1.86. The maximum atomic E-state index is 11.6. The molecule has 0 aliphatic heterocycles. The van der Waals surface area contributed by atoms with Crippen molar-refractivity contribution >= 4 is 21.1 Å². The highest BCUT2D eigenvalue weighted by atomic mass is 32.2. The summed E-state index contributed by atoms with van der Waals surface area (Å²) >= 11 is 0. The molecule has 5 nitrogen and oxygen atoms in total. The Kier molecular flexibility index (Phi) is 4.57. The van der Waals surface area contributed by atoms with E-state index in [1.807, 2.05) is 28.8 Å². The van der Waals surface area contributed by atoms with Crippen LogP contribution in [0.25, 0.3) is 11.0 Å². The predicted octanol–water partition coefficient (Wildman–Crippen LogP) is 1.92. The van der Waals surface area contributed by atoms with Gasteiger partial charge < -0.3 is 4.57 Å². The van der Waals surface area contributed by atoms with Crippen LogP contribution < -0.4 is 4.72 Å². The van der Waals surface area contributed by atoms with Crippen LogP contribution in [-0.2, 0) is 16.6 Å². The average molecular weight is 293 g/mol. The lowest BCUT2D eigenvalue weighted by atomic mass is 10.3. The van der Waals surface area contributed by atoms with E-state index in [0.29, 0.717) is 12.1 Å². The molecule has 108 valence electrons. The van der Waals surface area contributed by atoms with Crippen molar-refractivity contribution in [2.75, 3.05) is 12.3 Å². The number of benzene rings is 1. The second-order valence-corrected chi connectivity index (χ2v) is 6.70. The fourth-order valence-electron chi connectivity index (χ4n) is 2.04. The van der Waals surface area contributed by atoms with Gasteiger partial charge in [0, 0.05) is 13.1 Å². The van der Waals surface area contributed by atoms with Crippen LogP contribution in [0.2, 0.25) is 0 Å². The van der Waals surface area contributed by atoms with Crippen molar-refractivity contribution in [3.05, 3.63) is 42.7 Å². The smallest absolute Gasteiger partial charge is 0.215 e. The van der Waals surface area contributed by atoms with Crippen molar-refractivity contribution < 1.29 is 8.42 Å². The number of rotatable bonds is 7. The number of nitrogens with one attached hydrogen (secondary N) is 1. The molecule has 0 aliphatic rings. The van der Waals surface area contributed by atoms with Crippen LogP contribution >= 0.6 is 0 Å².